The van der Waals surface area contributed by atoms with Crippen molar-refractivity contribution in [3.05, 3.63) is 29.6 Å². The maximum Gasteiger partial charge on any atom is 0.228 e. The van der Waals surface area contributed by atoms with Crippen molar-refractivity contribution in [2.45, 2.75) is 32.2 Å². The Morgan fingerprint density at radius 3 is 3.21 bits per heavy atom. The summed E-state index contributed by atoms with van der Waals surface area (Å²) >= 11 is 0. The summed E-state index contributed by atoms with van der Waals surface area (Å²) in [6.45, 7) is 4.90. The quantitative estimate of drug-likeness (QED) is 0.866. The lowest BCUT2D eigenvalue weighted by Crippen LogP contribution is -2.41. The van der Waals surface area contributed by atoms with Crippen LogP contribution in [-0.4, -0.2) is 41.5 Å². The molecule has 4 nitrogen and oxygen atoms in total. The Morgan fingerprint density at radius 2 is 2.42 bits per heavy atom. The number of nitrogens with zero attached hydrogens (tertiary/aromatic N) is 2. The van der Waals surface area contributed by atoms with E-state index in [1.807, 2.05) is 24.0 Å². The summed E-state index contributed by atoms with van der Waals surface area (Å²) in [4.78, 5) is 18.7. The first kappa shape index (κ1) is 12.6. The molecule has 2 fully saturated rings. The number of nitrogens with one attached hydrogen (secondary N) is 1. The predicted molar refractivity (Wildman–Crippen MR) is 73.8 cm³/mol. The third-order valence-electron chi connectivity index (χ3n) is 4.39. The van der Waals surface area contributed by atoms with Crippen molar-refractivity contribution in [3.63, 3.8) is 0 Å². The Hall–Kier alpha value is -1.42. The topological polar surface area (TPSA) is 45.2 Å². The third kappa shape index (κ3) is 2.63. The molecule has 1 N–H and O–H groups in total. The molecule has 19 heavy (non-hydrogen) atoms. The molecule has 0 spiro atoms. The number of hydrogen-bond donors (Lipinski definition) is 1. The van der Waals surface area contributed by atoms with E-state index in [2.05, 4.69) is 10.3 Å². The number of aryl methyl sites for hydroxylation is 1. The standard InChI is InChI=1S/C15H21N3O/c1-11-4-2-6-16-13(11)8-15(19)18-9-12-5-3-7-17-14(12)10-18/h2,4,6,12,14,17H,3,5,7-10H2,1H3. The van der Waals surface area contributed by atoms with Crippen molar-refractivity contribution in [3.8, 4) is 0 Å². The fraction of sp³-hybridized carbons (Fsp3) is 0.600. The molecule has 3 rings (SSSR count). The van der Waals surface area contributed by atoms with Crippen molar-refractivity contribution in [2.24, 2.45) is 5.92 Å². The van der Waals surface area contributed by atoms with E-state index >= 15 is 0 Å². The highest BCUT2D eigenvalue weighted by Crippen LogP contribution is 2.25. The number of pyridine rings is 1. The molecule has 0 saturated carbocycles. The van der Waals surface area contributed by atoms with Crippen molar-refractivity contribution in [2.75, 3.05) is 19.6 Å². The highest BCUT2D eigenvalue weighted by Gasteiger charge is 2.36. The molecule has 2 unspecified atom stereocenters. The molecule has 4 heteroatoms. The monoisotopic (exact) mass is 259 g/mol. The summed E-state index contributed by atoms with van der Waals surface area (Å²) in [5, 5.41) is 3.53. The first-order valence-corrected chi connectivity index (χ1v) is 7.15. The van der Waals surface area contributed by atoms with Gasteiger partial charge in [0.05, 0.1) is 12.1 Å². The lowest BCUT2D eigenvalue weighted by molar-refractivity contribution is -0.129. The zero-order valence-corrected chi connectivity index (χ0v) is 11.4. The van der Waals surface area contributed by atoms with Crippen molar-refractivity contribution in [1.29, 1.82) is 0 Å². The molecule has 102 valence electrons. The van der Waals surface area contributed by atoms with Gasteiger partial charge >= 0.3 is 0 Å². The van der Waals surface area contributed by atoms with Crippen LogP contribution in [0.2, 0.25) is 0 Å². The summed E-state index contributed by atoms with van der Waals surface area (Å²) < 4.78 is 0. The Morgan fingerprint density at radius 1 is 1.53 bits per heavy atom. The van der Waals surface area contributed by atoms with Crippen molar-refractivity contribution >= 4 is 5.91 Å². The van der Waals surface area contributed by atoms with Crippen LogP contribution in [0.3, 0.4) is 0 Å². The van der Waals surface area contributed by atoms with Crippen LogP contribution in [0.4, 0.5) is 0 Å². The van der Waals surface area contributed by atoms with E-state index in [1.165, 1.54) is 12.8 Å². The average Bonchev–Trinajstić information content (AvgIpc) is 2.85. The van der Waals surface area contributed by atoms with Gasteiger partial charge in [0.15, 0.2) is 0 Å². The molecular weight excluding hydrogens is 238 g/mol. The number of likely N-dealkylation sites (tertiary alicyclic amines) is 1. The maximum atomic E-state index is 12.4. The molecule has 3 heterocycles. The van der Waals surface area contributed by atoms with E-state index in [1.54, 1.807) is 6.20 Å². The van der Waals surface area contributed by atoms with Gasteiger partial charge in [-0.2, -0.15) is 0 Å². The smallest absolute Gasteiger partial charge is 0.228 e. The molecule has 1 aromatic heterocycles. The van der Waals surface area contributed by atoms with Crippen LogP contribution >= 0.6 is 0 Å². The van der Waals surface area contributed by atoms with Gasteiger partial charge in [0.2, 0.25) is 5.91 Å². The molecule has 0 aliphatic carbocycles. The number of fused-ring (bicyclic) bond motifs is 1. The zero-order chi connectivity index (χ0) is 13.2. The first-order chi connectivity index (χ1) is 9.24. The lowest BCUT2D eigenvalue weighted by Gasteiger charge is -2.24. The Balaban J connectivity index is 1.64. The minimum atomic E-state index is 0.220. The number of rotatable bonds is 2. The van der Waals surface area contributed by atoms with E-state index in [4.69, 9.17) is 0 Å². The van der Waals surface area contributed by atoms with Crippen LogP contribution in [0, 0.1) is 12.8 Å². The van der Waals surface area contributed by atoms with E-state index in [9.17, 15) is 4.79 Å². The summed E-state index contributed by atoms with van der Waals surface area (Å²) in [6, 6.07) is 4.45. The normalized spacial score (nSPS) is 26.3. The number of piperidine rings is 1. The van der Waals surface area contributed by atoms with Gasteiger partial charge in [-0.15, -0.1) is 0 Å². The molecule has 1 amide bonds. The third-order valence-corrected chi connectivity index (χ3v) is 4.39. The zero-order valence-electron chi connectivity index (χ0n) is 11.4. The van der Waals surface area contributed by atoms with Crippen LogP contribution in [0.25, 0.3) is 0 Å². The second-order valence-corrected chi connectivity index (χ2v) is 5.71. The highest BCUT2D eigenvalue weighted by atomic mass is 16.2. The average molecular weight is 259 g/mol. The molecular formula is C15H21N3O. The largest absolute Gasteiger partial charge is 0.340 e. The molecule has 0 aromatic carbocycles. The van der Waals surface area contributed by atoms with Gasteiger partial charge in [0.25, 0.3) is 0 Å². The number of aromatic nitrogens is 1. The van der Waals surface area contributed by atoms with Crippen LogP contribution in [0.5, 0.6) is 0 Å². The number of carbonyl (C=O) groups excluding carboxylic acids is 1. The summed E-state index contributed by atoms with van der Waals surface area (Å²) in [5.74, 6) is 0.875. The Labute approximate surface area is 114 Å². The van der Waals surface area contributed by atoms with Crippen LogP contribution in [0.1, 0.15) is 24.1 Å². The maximum absolute atomic E-state index is 12.4. The van der Waals surface area contributed by atoms with Crippen molar-refractivity contribution in [1.82, 2.24) is 15.2 Å². The molecule has 0 bridgehead atoms. The number of amides is 1. The van der Waals surface area contributed by atoms with Gasteiger partial charge in [0.1, 0.15) is 0 Å². The Bertz CT molecular complexity index is 460. The van der Waals surface area contributed by atoms with Gasteiger partial charge < -0.3 is 10.2 Å². The van der Waals surface area contributed by atoms with E-state index in [0.717, 1.165) is 30.9 Å². The molecule has 1 aromatic rings. The minimum Gasteiger partial charge on any atom is -0.340 e. The van der Waals surface area contributed by atoms with Crippen LogP contribution in [-0.2, 0) is 11.2 Å². The predicted octanol–water partition coefficient (Wildman–Crippen LogP) is 1.14. The van der Waals surface area contributed by atoms with Gasteiger partial charge in [-0.05, 0) is 43.9 Å². The Kier molecular flexibility index (Phi) is 3.51. The van der Waals surface area contributed by atoms with E-state index < -0.39 is 0 Å². The van der Waals surface area contributed by atoms with Crippen LogP contribution < -0.4 is 5.32 Å². The molecule has 2 aliphatic heterocycles. The number of carbonyl (C=O) groups is 1. The second-order valence-electron chi connectivity index (χ2n) is 5.71. The lowest BCUT2D eigenvalue weighted by atomic mass is 9.94. The summed E-state index contributed by atoms with van der Waals surface area (Å²) in [6.07, 6.45) is 4.69. The summed E-state index contributed by atoms with van der Waals surface area (Å²) in [5.41, 5.74) is 2.01. The highest BCUT2D eigenvalue weighted by molar-refractivity contribution is 5.79. The van der Waals surface area contributed by atoms with Gasteiger partial charge in [-0.3, -0.25) is 9.78 Å². The molecule has 0 radical (unpaired) electrons. The SMILES string of the molecule is Cc1cccnc1CC(=O)N1CC2CCCNC2C1. The van der Waals surface area contributed by atoms with Crippen LogP contribution in [0.15, 0.2) is 18.3 Å². The molecule has 2 atom stereocenters. The van der Waals surface area contributed by atoms with Gasteiger partial charge in [-0.1, -0.05) is 6.07 Å². The minimum absolute atomic E-state index is 0.220. The van der Waals surface area contributed by atoms with Gasteiger partial charge in [-0.25, -0.2) is 0 Å². The fourth-order valence-corrected chi connectivity index (χ4v) is 3.21. The first-order valence-electron chi connectivity index (χ1n) is 7.15. The van der Waals surface area contributed by atoms with Gasteiger partial charge in [0, 0.05) is 25.3 Å². The van der Waals surface area contributed by atoms with Crippen molar-refractivity contribution < 1.29 is 4.79 Å². The second kappa shape index (κ2) is 5.29. The van der Waals surface area contributed by atoms with E-state index in [-0.39, 0.29) is 5.91 Å². The van der Waals surface area contributed by atoms with E-state index in [0.29, 0.717) is 18.4 Å². The molecule has 2 aliphatic rings. The summed E-state index contributed by atoms with van der Waals surface area (Å²) in [7, 11) is 0. The molecule has 2 saturated heterocycles. The number of hydrogen-bond acceptors (Lipinski definition) is 3. The fourth-order valence-electron chi connectivity index (χ4n) is 3.21.